The van der Waals surface area contributed by atoms with Gasteiger partial charge in [-0.2, -0.15) is 0 Å². The number of rotatable bonds is 10. The third-order valence-electron chi connectivity index (χ3n) is 4.21. The van der Waals surface area contributed by atoms with E-state index in [4.69, 9.17) is 16.7 Å². The number of aryl methyl sites for hydroxylation is 1. The van der Waals surface area contributed by atoms with Crippen LogP contribution in [0.5, 0.6) is 0 Å². The summed E-state index contributed by atoms with van der Waals surface area (Å²) in [5.41, 5.74) is 1.50. The van der Waals surface area contributed by atoms with E-state index in [9.17, 15) is 18.8 Å². The Bertz CT molecular complexity index is 901. The maximum atomic E-state index is 13.7. The summed E-state index contributed by atoms with van der Waals surface area (Å²) in [6.07, 6.45) is 12.0. The van der Waals surface area contributed by atoms with Crippen LogP contribution < -0.4 is 0 Å². The quantitative estimate of drug-likeness (QED) is 0.280. The molecule has 0 atom stereocenters. The molecule has 5 nitrogen and oxygen atoms in total. The van der Waals surface area contributed by atoms with Crippen molar-refractivity contribution >= 4 is 29.6 Å². The van der Waals surface area contributed by atoms with E-state index in [1.54, 1.807) is 45.2 Å². The Labute approximate surface area is 194 Å². The molecule has 0 aliphatic heterocycles. The minimum atomic E-state index is -1.02. The van der Waals surface area contributed by atoms with Crippen LogP contribution in [0.15, 0.2) is 60.4 Å². The smallest absolute Gasteiger partial charge is 0.335 e. The molecular weight excluding hydrogens is 433 g/mol. The first-order chi connectivity index (χ1) is 15.1. The van der Waals surface area contributed by atoms with E-state index >= 15 is 0 Å². The van der Waals surface area contributed by atoms with Gasteiger partial charge in [0.25, 0.3) is 0 Å². The first-order valence-corrected chi connectivity index (χ1v) is 10.5. The number of ketones is 1. The van der Waals surface area contributed by atoms with Crippen LogP contribution in [0, 0.1) is 11.7 Å². The van der Waals surface area contributed by atoms with Crippen molar-refractivity contribution in [2.45, 2.75) is 40.7 Å². The fourth-order valence-corrected chi connectivity index (χ4v) is 2.55. The number of allylic oxidation sites excluding steroid dienone is 5. The highest BCUT2D eigenvalue weighted by atomic mass is 35.5. The maximum Gasteiger partial charge on any atom is 0.335 e. The zero-order chi connectivity index (χ0) is 24.7. The largest absolute Gasteiger partial charge is 0.478 e. The van der Waals surface area contributed by atoms with Gasteiger partial charge < -0.3 is 10.0 Å². The highest BCUT2D eigenvalue weighted by Crippen LogP contribution is 2.22. The molecular formula is C25H31ClFNO4. The SMILES string of the molecule is C/C=C(\C=C/C(=O)C(C)C)C(=O)O.CCc1cc(Cl)c(CN(C)/C=C\C=C/C=O)cc1F. The average Bonchev–Trinajstić information content (AvgIpc) is 2.74. The molecule has 0 spiro atoms. The van der Waals surface area contributed by atoms with E-state index in [0.717, 1.165) is 5.56 Å². The van der Waals surface area contributed by atoms with Gasteiger partial charge in [-0.3, -0.25) is 9.59 Å². The first kappa shape index (κ1) is 29.0. The second-order valence-electron chi connectivity index (χ2n) is 7.11. The van der Waals surface area contributed by atoms with Gasteiger partial charge >= 0.3 is 5.97 Å². The van der Waals surface area contributed by atoms with Crippen molar-refractivity contribution in [1.82, 2.24) is 4.90 Å². The number of carboxylic acid groups (broad SMARTS) is 1. The minimum Gasteiger partial charge on any atom is -0.478 e. The normalized spacial score (nSPS) is 11.8. The summed E-state index contributed by atoms with van der Waals surface area (Å²) in [6.45, 7) is 7.55. The molecule has 0 aromatic heterocycles. The Morgan fingerprint density at radius 1 is 1.16 bits per heavy atom. The average molecular weight is 464 g/mol. The lowest BCUT2D eigenvalue weighted by atomic mass is 10.1. The number of carbonyl (C=O) groups excluding carboxylic acids is 2. The molecule has 1 aromatic carbocycles. The van der Waals surface area contributed by atoms with Gasteiger partial charge in [-0.1, -0.05) is 44.5 Å². The van der Waals surface area contributed by atoms with E-state index in [-0.39, 0.29) is 23.1 Å². The number of aldehydes is 1. The molecule has 0 aliphatic rings. The number of hydrogen-bond donors (Lipinski definition) is 1. The lowest BCUT2D eigenvalue weighted by molar-refractivity contribution is -0.132. The Morgan fingerprint density at radius 2 is 1.81 bits per heavy atom. The molecule has 0 amide bonds. The Balaban J connectivity index is 0.000000649. The molecule has 7 heteroatoms. The van der Waals surface area contributed by atoms with E-state index in [1.807, 2.05) is 18.9 Å². The van der Waals surface area contributed by atoms with Crippen LogP contribution in [-0.2, 0) is 27.3 Å². The standard InChI is InChI=1S/C15H17ClFNO.C10H14O3/c1-3-12-9-14(16)13(10-15(12)17)11-18(2)7-5-4-6-8-19;1-4-8(10(12)13)5-6-9(11)7(2)3/h4-10H,3,11H2,1-2H3;4-7H,1-3H3,(H,12,13)/b6-4-,7-5-;6-5-,8-4+. The van der Waals surface area contributed by atoms with Crippen molar-refractivity contribution in [3.63, 3.8) is 0 Å². The molecule has 32 heavy (non-hydrogen) atoms. The highest BCUT2D eigenvalue weighted by molar-refractivity contribution is 6.31. The molecule has 0 saturated carbocycles. The van der Waals surface area contributed by atoms with Gasteiger partial charge in [0.15, 0.2) is 5.78 Å². The highest BCUT2D eigenvalue weighted by Gasteiger charge is 2.08. The summed E-state index contributed by atoms with van der Waals surface area (Å²) in [4.78, 5) is 33.5. The van der Waals surface area contributed by atoms with Crippen molar-refractivity contribution < 1.29 is 23.9 Å². The van der Waals surface area contributed by atoms with Crippen molar-refractivity contribution in [2.75, 3.05) is 7.05 Å². The Morgan fingerprint density at radius 3 is 2.31 bits per heavy atom. The second-order valence-corrected chi connectivity index (χ2v) is 7.51. The number of carboxylic acids is 1. The summed E-state index contributed by atoms with van der Waals surface area (Å²) < 4.78 is 13.7. The van der Waals surface area contributed by atoms with Crippen LogP contribution in [0.4, 0.5) is 4.39 Å². The maximum absolute atomic E-state index is 13.7. The summed E-state index contributed by atoms with van der Waals surface area (Å²) >= 11 is 6.13. The molecule has 0 saturated heterocycles. The number of nitrogens with zero attached hydrogens (tertiary/aromatic N) is 1. The van der Waals surface area contributed by atoms with E-state index in [0.29, 0.717) is 29.8 Å². The molecule has 0 heterocycles. The molecule has 0 radical (unpaired) electrons. The number of carbonyl (C=O) groups is 3. The van der Waals surface area contributed by atoms with Crippen LogP contribution in [0.2, 0.25) is 5.02 Å². The van der Waals surface area contributed by atoms with Crippen molar-refractivity contribution in [2.24, 2.45) is 5.92 Å². The van der Waals surface area contributed by atoms with Gasteiger partial charge in [0.1, 0.15) is 12.1 Å². The number of benzene rings is 1. The summed E-state index contributed by atoms with van der Waals surface area (Å²) in [5.74, 6) is -1.40. The fourth-order valence-electron chi connectivity index (χ4n) is 2.30. The summed E-state index contributed by atoms with van der Waals surface area (Å²) in [5, 5.41) is 9.17. The zero-order valence-electron chi connectivity index (χ0n) is 19.1. The predicted octanol–water partition coefficient (Wildman–Crippen LogP) is 5.54. The molecule has 1 N–H and O–H groups in total. The monoisotopic (exact) mass is 463 g/mol. The summed E-state index contributed by atoms with van der Waals surface area (Å²) in [6, 6.07) is 3.16. The summed E-state index contributed by atoms with van der Waals surface area (Å²) in [7, 11) is 1.85. The van der Waals surface area contributed by atoms with Crippen LogP contribution >= 0.6 is 11.6 Å². The topological polar surface area (TPSA) is 74.7 Å². The van der Waals surface area contributed by atoms with Gasteiger partial charge in [0, 0.05) is 24.5 Å². The van der Waals surface area contributed by atoms with Gasteiger partial charge in [-0.25, -0.2) is 9.18 Å². The van der Waals surface area contributed by atoms with Crippen molar-refractivity contribution in [1.29, 1.82) is 0 Å². The lowest BCUT2D eigenvalue weighted by Crippen LogP contribution is -2.10. The Kier molecular flexibility index (Phi) is 14.3. The number of hydrogen-bond acceptors (Lipinski definition) is 4. The predicted molar refractivity (Wildman–Crippen MR) is 127 cm³/mol. The van der Waals surface area contributed by atoms with Gasteiger partial charge in [0.2, 0.25) is 0 Å². The van der Waals surface area contributed by atoms with Crippen molar-refractivity contribution in [3.8, 4) is 0 Å². The van der Waals surface area contributed by atoms with E-state index < -0.39 is 5.97 Å². The number of halogens is 2. The lowest BCUT2D eigenvalue weighted by Gasteiger charge is -2.15. The van der Waals surface area contributed by atoms with Crippen LogP contribution in [0.1, 0.15) is 38.8 Å². The van der Waals surface area contributed by atoms with Gasteiger partial charge in [0.05, 0.1) is 5.57 Å². The van der Waals surface area contributed by atoms with E-state index in [2.05, 4.69) is 0 Å². The molecule has 1 aromatic rings. The number of aliphatic carboxylic acids is 1. The minimum absolute atomic E-state index is 0.0689. The molecule has 1 rings (SSSR count). The third-order valence-corrected chi connectivity index (χ3v) is 4.56. The molecule has 0 aliphatic carbocycles. The van der Waals surface area contributed by atoms with Gasteiger partial charge in [-0.05, 0) is 67.1 Å². The van der Waals surface area contributed by atoms with Crippen LogP contribution in [0.3, 0.4) is 0 Å². The molecule has 0 unspecified atom stereocenters. The van der Waals surface area contributed by atoms with Crippen molar-refractivity contribution in [3.05, 3.63) is 82.3 Å². The van der Waals surface area contributed by atoms with Crippen LogP contribution in [-0.4, -0.2) is 35.1 Å². The fraction of sp³-hybridized carbons (Fsp3) is 0.320. The Hall–Kier alpha value is -2.99. The molecule has 0 bridgehead atoms. The van der Waals surface area contributed by atoms with E-state index in [1.165, 1.54) is 30.4 Å². The first-order valence-electron chi connectivity index (χ1n) is 10.1. The van der Waals surface area contributed by atoms with Gasteiger partial charge in [-0.15, -0.1) is 0 Å². The molecule has 0 fully saturated rings. The van der Waals surface area contributed by atoms with Crippen LogP contribution in [0.25, 0.3) is 0 Å². The second kappa shape index (κ2) is 15.8. The third kappa shape index (κ3) is 11.4. The zero-order valence-corrected chi connectivity index (χ0v) is 19.9. The molecule has 174 valence electrons.